The largest absolute Gasteiger partial charge is 0.374 e. The van der Waals surface area contributed by atoms with Gasteiger partial charge in [0, 0.05) is 11.4 Å². The van der Waals surface area contributed by atoms with Gasteiger partial charge in [-0.3, -0.25) is 4.79 Å². The zero-order valence-corrected chi connectivity index (χ0v) is 15.4. The second-order valence-corrected chi connectivity index (χ2v) is 7.09. The molecule has 0 spiro atoms. The summed E-state index contributed by atoms with van der Waals surface area (Å²) < 4.78 is 0. The average molecular weight is 336 g/mol. The highest BCUT2D eigenvalue weighted by Crippen LogP contribution is 2.27. The van der Waals surface area contributed by atoms with E-state index >= 15 is 0 Å². The van der Waals surface area contributed by atoms with Crippen LogP contribution in [0.5, 0.6) is 0 Å². The van der Waals surface area contributed by atoms with Gasteiger partial charge >= 0.3 is 0 Å². The average Bonchev–Trinajstić information content (AvgIpc) is 3.09. The highest BCUT2D eigenvalue weighted by molar-refractivity contribution is 5.97. The zero-order valence-electron chi connectivity index (χ0n) is 15.4. The highest BCUT2D eigenvalue weighted by Gasteiger charge is 2.17. The molecule has 0 saturated heterocycles. The Labute approximate surface area is 150 Å². The number of fused-ring (bicyclic) bond motifs is 1. The number of carbonyl (C=O) groups excluding carboxylic acids is 1. The van der Waals surface area contributed by atoms with Crippen molar-refractivity contribution in [3.63, 3.8) is 0 Å². The maximum Gasteiger partial charge on any atom is 0.246 e. The molecule has 0 bridgehead atoms. The van der Waals surface area contributed by atoms with Crippen LogP contribution in [0.25, 0.3) is 0 Å². The molecule has 0 saturated carbocycles. The van der Waals surface area contributed by atoms with Crippen molar-refractivity contribution in [3.05, 3.63) is 59.2 Å². The van der Waals surface area contributed by atoms with Crippen LogP contribution in [-0.2, 0) is 17.6 Å². The number of rotatable bonds is 6. The van der Waals surface area contributed by atoms with Crippen molar-refractivity contribution >= 4 is 17.3 Å². The Balaban J connectivity index is 1.67. The molecule has 3 heteroatoms. The van der Waals surface area contributed by atoms with Crippen LogP contribution in [-0.4, -0.2) is 11.9 Å². The SMILES string of the molecule is CCC(C)c1ccccc1NC(=O)C(C)Nc1ccc2c(c1)CCC2. The first-order valence-electron chi connectivity index (χ1n) is 9.36. The fraction of sp³-hybridized carbons (Fsp3) is 0.409. The van der Waals surface area contributed by atoms with Crippen LogP contribution in [0.4, 0.5) is 11.4 Å². The third kappa shape index (κ3) is 4.04. The molecule has 2 aromatic rings. The number of nitrogens with one attached hydrogen (secondary N) is 2. The van der Waals surface area contributed by atoms with Gasteiger partial charge in [0.1, 0.15) is 6.04 Å². The molecule has 1 amide bonds. The van der Waals surface area contributed by atoms with Crippen molar-refractivity contribution in [1.82, 2.24) is 0 Å². The summed E-state index contributed by atoms with van der Waals surface area (Å²) in [5, 5.41) is 6.44. The summed E-state index contributed by atoms with van der Waals surface area (Å²) in [7, 11) is 0. The van der Waals surface area contributed by atoms with E-state index in [1.807, 2.05) is 25.1 Å². The van der Waals surface area contributed by atoms with Crippen LogP contribution in [0.1, 0.15) is 56.2 Å². The molecule has 0 radical (unpaired) electrons. The lowest BCUT2D eigenvalue weighted by Crippen LogP contribution is -2.32. The molecule has 2 N–H and O–H groups in total. The molecule has 0 fully saturated rings. The van der Waals surface area contributed by atoms with Crippen LogP contribution in [0.2, 0.25) is 0 Å². The van der Waals surface area contributed by atoms with Gasteiger partial charge in [0.25, 0.3) is 0 Å². The van der Waals surface area contributed by atoms with Gasteiger partial charge in [-0.1, -0.05) is 38.1 Å². The Kier molecular flexibility index (Phi) is 5.42. The van der Waals surface area contributed by atoms with Crippen LogP contribution in [0, 0.1) is 0 Å². The van der Waals surface area contributed by atoms with Crippen molar-refractivity contribution in [1.29, 1.82) is 0 Å². The minimum Gasteiger partial charge on any atom is -0.374 e. The first-order valence-corrected chi connectivity index (χ1v) is 9.36. The van der Waals surface area contributed by atoms with Crippen LogP contribution in [0.15, 0.2) is 42.5 Å². The van der Waals surface area contributed by atoms with Gasteiger partial charge in [0.2, 0.25) is 5.91 Å². The van der Waals surface area contributed by atoms with E-state index in [9.17, 15) is 4.79 Å². The second-order valence-electron chi connectivity index (χ2n) is 7.09. The number of hydrogen-bond donors (Lipinski definition) is 2. The normalized spacial score (nSPS) is 15.3. The number of amides is 1. The topological polar surface area (TPSA) is 41.1 Å². The molecule has 3 rings (SSSR count). The van der Waals surface area contributed by atoms with E-state index in [1.54, 1.807) is 0 Å². The fourth-order valence-electron chi connectivity index (χ4n) is 3.48. The summed E-state index contributed by atoms with van der Waals surface area (Å²) >= 11 is 0. The van der Waals surface area contributed by atoms with Gasteiger partial charge in [0.05, 0.1) is 0 Å². The molecule has 2 atom stereocenters. The van der Waals surface area contributed by atoms with Gasteiger partial charge in [0.15, 0.2) is 0 Å². The van der Waals surface area contributed by atoms with E-state index in [1.165, 1.54) is 29.5 Å². The smallest absolute Gasteiger partial charge is 0.246 e. The van der Waals surface area contributed by atoms with Crippen molar-refractivity contribution in [2.24, 2.45) is 0 Å². The van der Waals surface area contributed by atoms with Crippen molar-refractivity contribution in [2.45, 2.75) is 58.4 Å². The number of anilines is 2. The molecule has 0 aromatic heterocycles. The lowest BCUT2D eigenvalue weighted by atomic mass is 9.97. The predicted octanol–water partition coefficient (Wildman–Crippen LogP) is 5.13. The molecular weight excluding hydrogens is 308 g/mol. The molecule has 1 aliphatic rings. The lowest BCUT2D eigenvalue weighted by Gasteiger charge is -2.19. The molecule has 3 nitrogen and oxygen atoms in total. The molecule has 0 aliphatic heterocycles. The summed E-state index contributed by atoms with van der Waals surface area (Å²) in [5.41, 5.74) is 6.01. The fourth-order valence-corrected chi connectivity index (χ4v) is 3.48. The monoisotopic (exact) mass is 336 g/mol. The molecule has 1 aliphatic carbocycles. The van der Waals surface area contributed by atoms with E-state index in [4.69, 9.17) is 0 Å². The standard InChI is InChI=1S/C22H28N2O/c1-4-15(2)20-10-5-6-11-21(20)24-22(25)16(3)23-19-13-12-17-8-7-9-18(17)14-19/h5-6,10-16,23H,4,7-9H2,1-3H3,(H,24,25). The van der Waals surface area contributed by atoms with Gasteiger partial charge < -0.3 is 10.6 Å². The summed E-state index contributed by atoms with van der Waals surface area (Å²) in [6.07, 6.45) is 4.61. The van der Waals surface area contributed by atoms with Crippen LogP contribution < -0.4 is 10.6 Å². The third-order valence-electron chi connectivity index (χ3n) is 5.24. The zero-order chi connectivity index (χ0) is 17.8. The summed E-state index contributed by atoms with van der Waals surface area (Å²) in [4.78, 5) is 12.6. The first-order chi connectivity index (χ1) is 12.1. The van der Waals surface area contributed by atoms with E-state index in [2.05, 4.69) is 48.7 Å². The molecule has 132 valence electrons. The summed E-state index contributed by atoms with van der Waals surface area (Å²) in [6.45, 7) is 6.27. The predicted molar refractivity (Wildman–Crippen MR) is 105 cm³/mol. The maximum atomic E-state index is 12.6. The molecule has 0 heterocycles. The number of aryl methyl sites for hydroxylation is 2. The van der Waals surface area contributed by atoms with Gasteiger partial charge in [-0.15, -0.1) is 0 Å². The minimum atomic E-state index is -0.288. The van der Waals surface area contributed by atoms with Gasteiger partial charge in [-0.05, 0) is 73.4 Å². The maximum absolute atomic E-state index is 12.6. The van der Waals surface area contributed by atoms with E-state index < -0.39 is 0 Å². The minimum absolute atomic E-state index is 0.00347. The highest BCUT2D eigenvalue weighted by atomic mass is 16.2. The van der Waals surface area contributed by atoms with E-state index in [0.29, 0.717) is 5.92 Å². The number of carbonyl (C=O) groups is 1. The number of benzene rings is 2. The molecule has 25 heavy (non-hydrogen) atoms. The number of para-hydroxylation sites is 1. The van der Waals surface area contributed by atoms with Gasteiger partial charge in [-0.25, -0.2) is 0 Å². The molecular formula is C22H28N2O. The Morgan fingerprint density at radius 2 is 1.84 bits per heavy atom. The van der Waals surface area contributed by atoms with Crippen LogP contribution in [0.3, 0.4) is 0 Å². The van der Waals surface area contributed by atoms with Crippen molar-refractivity contribution in [2.75, 3.05) is 10.6 Å². The number of hydrogen-bond acceptors (Lipinski definition) is 2. The quantitative estimate of drug-likeness (QED) is 0.768. The summed E-state index contributed by atoms with van der Waals surface area (Å²) in [5.74, 6) is 0.424. The lowest BCUT2D eigenvalue weighted by molar-refractivity contribution is -0.116. The molecule has 2 unspecified atom stereocenters. The summed E-state index contributed by atoms with van der Waals surface area (Å²) in [6, 6.07) is 14.3. The van der Waals surface area contributed by atoms with E-state index in [-0.39, 0.29) is 11.9 Å². The third-order valence-corrected chi connectivity index (χ3v) is 5.24. The Morgan fingerprint density at radius 3 is 2.64 bits per heavy atom. The Morgan fingerprint density at radius 1 is 1.08 bits per heavy atom. The molecule has 2 aromatic carbocycles. The van der Waals surface area contributed by atoms with Gasteiger partial charge in [-0.2, -0.15) is 0 Å². The Hall–Kier alpha value is -2.29. The second kappa shape index (κ2) is 7.73. The van der Waals surface area contributed by atoms with Crippen molar-refractivity contribution in [3.8, 4) is 0 Å². The van der Waals surface area contributed by atoms with E-state index in [0.717, 1.165) is 24.2 Å². The van der Waals surface area contributed by atoms with Crippen molar-refractivity contribution < 1.29 is 4.79 Å². The Bertz CT molecular complexity index is 753. The first kappa shape index (κ1) is 17.5. The van der Waals surface area contributed by atoms with Crippen LogP contribution >= 0.6 is 0 Å².